The van der Waals surface area contributed by atoms with E-state index in [4.69, 9.17) is 10.2 Å². The third-order valence-electron chi connectivity index (χ3n) is 5.07. The lowest BCUT2D eigenvalue weighted by Crippen LogP contribution is -1.94. The van der Waals surface area contributed by atoms with Gasteiger partial charge >= 0.3 is 11.9 Å². The molecule has 0 bridgehead atoms. The van der Waals surface area contributed by atoms with E-state index < -0.39 is 11.9 Å². The Morgan fingerprint density at radius 1 is 0.615 bits per heavy atom. The highest BCUT2D eigenvalue weighted by Gasteiger charge is 2.00. The summed E-state index contributed by atoms with van der Waals surface area (Å²) in [6.45, 7) is 8.98. The maximum atomic E-state index is 10.2. The number of hydrogen-bond donors (Lipinski definition) is 2. The van der Waals surface area contributed by atoms with Crippen LogP contribution in [0.25, 0.3) is 0 Å². The molecule has 0 amide bonds. The van der Waals surface area contributed by atoms with Gasteiger partial charge in [-0.3, -0.25) is 9.59 Å². The third-order valence-corrected chi connectivity index (χ3v) is 5.07. The predicted octanol–water partition coefficient (Wildman–Crippen LogP) is 6.92. The fraction of sp³-hybridized carbons (Fsp3) is 0.909. The zero-order valence-corrected chi connectivity index (χ0v) is 17.8. The molecule has 0 rings (SSSR count). The van der Waals surface area contributed by atoms with Crippen LogP contribution in [-0.4, -0.2) is 22.2 Å². The molecule has 2 N–H and O–H groups in total. The highest BCUT2D eigenvalue weighted by atomic mass is 16.4. The van der Waals surface area contributed by atoms with Crippen LogP contribution in [-0.2, 0) is 9.59 Å². The molecule has 2 atom stereocenters. The average Bonchev–Trinajstić information content (AvgIpc) is 2.60. The van der Waals surface area contributed by atoms with Crippen molar-refractivity contribution < 1.29 is 19.8 Å². The van der Waals surface area contributed by atoms with Crippen molar-refractivity contribution in [1.29, 1.82) is 0 Å². The Morgan fingerprint density at radius 3 is 1.19 bits per heavy atom. The molecule has 0 aliphatic rings. The number of rotatable bonds is 16. The smallest absolute Gasteiger partial charge is 0.303 e. The molecular weight excluding hydrogens is 328 g/mol. The van der Waals surface area contributed by atoms with Crippen molar-refractivity contribution >= 4 is 11.9 Å². The van der Waals surface area contributed by atoms with E-state index in [-0.39, 0.29) is 0 Å². The first-order chi connectivity index (χ1) is 12.3. The van der Waals surface area contributed by atoms with Crippen LogP contribution in [0.1, 0.15) is 118 Å². The zero-order chi connectivity index (χ0) is 20.2. The van der Waals surface area contributed by atoms with Gasteiger partial charge in [0.2, 0.25) is 0 Å². The Kier molecular flexibility index (Phi) is 21.2. The molecule has 0 fully saturated rings. The van der Waals surface area contributed by atoms with Crippen LogP contribution in [0.15, 0.2) is 0 Å². The van der Waals surface area contributed by atoms with E-state index in [1.165, 1.54) is 51.4 Å². The first-order valence-electron chi connectivity index (χ1n) is 10.8. The van der Waals surface area contributed by atoms with Gasteiger partial charge in [0.15, 0.2) is 0 Å². The standard InChI is InChI=1S/2C11H22O2/c2*1-3-10(2)8-6-4-5-7-9-11(12)13/h2*10H,3-9H2,1-2H3,(H,12,13). The van der Waals surface area contributed by atoms with Crippen molar-refractivity contribution in [2.75, 3.05) is 0 Å². The summed E-state index contributed by atoms with van der Waals surface area (Å²) in [7, 11) is 0. The summed E-state index contributed by atoms with van der Waals surface area (Å²) >= 11 is 0. The van der Waals surface area contributed by atoms with Gasteiger partial charge in [-0.1, -0.05) is 91.9 Å². The van der Waals surface area contributed by atoms with Crippen molar-refractivity contribution in [3.63, 3.8) is 0 Å². The molecule has 0 saturated carbocycles. The lowest BCUT2D eigenvalue weighted by Gasteiger charge is -2.06. The third kappa shape index (κ3) is 25.2. The summed E-state index contributed by atoms with van der Waals surface area (Å²) in [6, 6.07) is 0. The van der Waals surface area contributed by atoms with Crippen molar-refractivity contribution in [3.8, 4) is 0 Å². The number of unbranched alkanes of at least 4 members (excludes halogenated alkanes) is 6. The number of aliphatic carboxylic acids is 2. The number of carboxylic acids is 2. The predicted molar refractivity (Wildman–Crippen MR) is 110 cm³/mol. The normalized spacial score (nSPS) is 12.8. The van der Waals surface area contributed by atoms with Crippen LogP contribution < -0.4 is 0 Å². The van der Waals surface area contributed by atoms with E-state index in [2.05, 4.69) is 27.7 Å². The quantitative estimate of drug-likeness (QED) is 0.288. The molecule has 0 aromatic rings. The van der Waals surface area contributed by atoms with Crippen molar-refractivity contribution in [1.82, 2.24) is 0 Å². The van der Waals surface area contributed by atoms with Gasteiger partial charge in [-0.05, 0) is 24.7 Å². The Morgan fingerprint density at radius 2 is 0.923 bits per heavy atom. The second-order valence-electron chi connectivity index (χ2n) is 7.72. The summed E-state index contributed by atoms with van der Waals surface area (Å²) in [5.74, 6) is 0.336. The Bertz CT molecular complexity index is 296. The largest absolute Gasteiger partial charge is 0.481 e. The Labute approximate surface area is 161 Å². The molecule has 0 aliphatic heterocycles. The van der Waals surface area contributed by atoms with Gasteiger partial charge in [0.1, 0.15) is 0 Å². The summed E-state index contributed by atoms with van der Waals surface area (Å²) in [4.78, 5) is 20.4. The molecule has 0 aromatic heterocycles. The molecular formula is C22H44O4. The van der Waals surface area contributed by atoms with Crippen LogP contribution in [0, 0.1) is 11.8 Å². The van der Waals surface area contributed by atoms with Gasteiger partial charge in [0.25, 0.3) is 0 Å². The second-order valence-corrected chi connectivity index (χ2v) is 7.72. The van der Waals surface area contributed by atoms with Gasteiger partial charge in [-0.25, -0.2) is 0 Å². The summed E-state index contributed by atoms with van der Waals surface area (Å²) in [5.41, 5.74) is 0. The van der Waals surface area contributed by atoms with Crippen LogP contribution >= 0.6 is 0 Å². The monoisotopic (exact) mass is 372 g/mol. The lowest BCUT2D eigenvalue weighted by molar-refractivity contribution is -0.138. The number of carboxylic acid groups (broad SMARTS) is 2. The SMILES string of the molecule is CCC(C)CCCCCCC(=O)O.CCC(C)CCCCCCC(=O)O. The van der Waals surface area contributed by atoms with Crippen molar-refractivity contribution in [2.24, 2.45) is 11.8 Å². The highest BCUT2D eigenvalue weighted by molar-refractivity contribution is 5.66. The van der Waals surface area contributed by atoms with Crippen molar-refractivity contribution in [2.45, 2.75) is 118 Å². The number of hydrogen-bond acceptors (Lipinski definition) is 2. The van der Waals surface area contributed by atoms with Crippen LogP contribution in [0.5, 0.6) is 0 Å². The van der Waals surface area contributed by atoms with Crippen LogP contribution in [0.2, 0.25) is 0 Å². The first-order valence-corrected chi connectivity index (χ1v) is 10.8. The minimum atomic E-state index is -0.665. The van der Waals surface area contributed by atoms with E-state index in [0.29, 0.717) is 12.8 Å². The van der Waals surface area contributed by atoms with Gasteiger partial charge in [0, 0.05) is 12.8 Å². The zero-order valence-electron chi connectivity index (χ0n) is 17.8. The molecule has 0 aliphatic carbocycles. The molecule has 0 saturated heterocycles. The summed E-state index contributed by atoms with van der Waals surface area (Å²) < 4.78 is 0. The average molecular weight is 373 g/mol. The second kappa shape index (κ2) is 20.3. The molecule has 26 heavy (non-hydrogen) atoms. The lowest BCUT2D eigenvalue weighted by atomic mass is 10.0. The summed E-state index contributed by atoms with van der Waals surface area (Å²) in [5, 5.41) is 16.8. The van der Waals surface area contributed by atoms with Crippen molar-refractivity contribution in [3.05, 3.63) is 0 Å². The van der Waals surface area contributed by atoms with E-state index >= 15 is 0 Å². The maximum absolute atomic E-state index is 10.2. The highest BCUT2D eigenvalue weighted by Crippen LogP contribution is 2.14. The van der Waals surface area contributed by atoms with E-state index in [0.717, 1.165) is 37.5 Å². The fourth-order valence-corrected chi connectivity index (χ4v) is 2.65. The summed E-state index contributed by atoms with van der Waals surface area (Å²) in [6.07, 6.45) is 14.5. The van der Waals surface area contributed by atoms with E-state index in [1.807, 2.05) is 0 Å². The Hall–Kier alpha value is -1.06. The molecule has 0 heterocycles. The molecule has 156 valence electrons. The minimum absolute atomic E-state index is 0.337. The van der Waals surface area contributed by atoms with Gasteiger partial charge < -0.3 is 10.2 Å². The molecule has 4 heteroatoms. The molecule has 0 aromatic carbocycles. The maximum Gasteiger partial charge on any atom is 0.303 e. The van der Waals surface area contributed by atoms with Gasteiger partial charge in [-0.15, -0.1) is 0 Å². The first kappa shape index (κ1) is 27.2. The van der Waals surface area contributed by atoms with E-state index in [1.54, 1.807) is 0 Å². The van der Waals surface area contributed by atoms with Gasteiger partial charge in [0.05, 0.1) is 0 Å². The molecule has 2 unspecified atom stereocenters. The molecule has 0 radical (unpaired) electrons. The number of carbonyl (C=O) groups is 2. The molecule has 0 spiro atoms. The Balaban J connectivity index is 0. The topological polar surface area (TPSA) is 74.6 Å². The van der Waals surface area contributed by atoms with Crippen LogP contribution in [0.3, 0.4) is 0 Å². The molecule has 4 nitrogen and oxygen atoms in total. The van der Waals surface area contributed by atoms with Crippen LogP contribution in [0.4, 0.5) is 0 Å². The van der Waals surface area contributed by atoms with Gasteiger partial charge in [-0.2, -0.15) is 0 Å². The minimum Gasteiger partial charge on any atom is -0.481 e. The van der Waals surface area contributed by atoms with E-state index in [9.17, 15) is 9.59 Å². The fourth-order valence-electron chi connectivity index (χ4n) is 2.65.